The maximum atomic E-state index is 5.74. The summed E-state index contributed by atoms with van der Waals surface area (Å²) in [7, 11) is 2.10. The van der Waals surface area contributed by atoms with Crippen LogP contribution in [0.3, 0.4) is 0 Å². The van der Waals surface area contributed by atoms with E-state index in [0.717, 1.165) is 11.0 Å². The molecule has 0 aliphatic rings. The zero-order chi connectivity index (χ0) is 9.84. The summed E-state index contributed by atoms with van der Waals surface area (Å²) in [5.41, 5.74) is 5.74. The van der Waals surface area contributed by atoms with Crippen LogP contribution in [0, 0.1) is 0 Å². The Hall–Kier alpha value is 0.1000. The van der Waals surface area contributed by atoms with E-state index in [1.165, 1.54) is 4.88 Å². The summed E-state index contributed by atoms with van der Waals surface area (Å²) < 4.78 is 1.15. The molecule has 2 nitrogen and oxygen atoms in total. The van der Waals surface area contributed by atoms with Crippen molar-refractivity contribution in [3.8, 4) is 0 Å². The third-order valence-electron chi connectivity index (χ3n) is 2.17. The van der Waals surface area contributed by atoms with Gasteiger partial charge in [-0.05, 0) is 35.6 Å². The maximum Gasteiger partial charge on any atom is 0.0562 e. The summed E-state index contributed by atoms with van der Waals surface area (Å²) in [6.45, 7) is 3.85. The van der Waals surface area contributed by atoms with E-state index < -0.39 is 0 Å². The number of hydrogen-bond donors (Lipinski definition) is 1. The monoisotopic (exact) mass is 262 g/mol. The van der Waals surface area contributed by atoms with Crippen molar-refractivity contribution < 1.29 is 0 Å². The average Bonchev–Trinajstić information content (AvgIpc) is 2.53. The van der Waals surface area contributed by atoms with E-state index in [0.29, 0.717) is 12.6 Å². The van der Waals surface area contributed by atoms with E-state index >= 15 is 0 Å². The number of nitrogens with two attached hydrogens (primary N) is 1. The first-order chi connectivity index (χ1) is 6.19. The first-order valence-electron chi connectivity index (χ1n) is 4.33. The molecular formula is C9H15BrN2S. The van der Waals surface area contributed by atoms with Gasteiger partial charge in [0.25, 0.3) is 0 Å². The van der Waals surface area contributed by atoms with Crippen molar-refractivity contribution in [3.05, 3.63) is 20.8 Å². The molecule has 1 aromatic heterocycles. The highest BCUT2D eigenvalue weighted by molar-refractivity contribution is 9.10. The molecule has 0 radical (unpaired) electrons. The highest BCUT2D eigenvalue weighted by Gasteiger charge is 2.15. The number of halogens is 1. The Bertz CT molecular complexity index is 262. The molecule has 1 unspecified atom stereocenters. The van der Waals surface area contributed by atoms with Crippen LogP contribution in [0.5, 0.6) is 0 Å². The Balaban J connectivity index is 2.77. The van der Waals surface area contributed by atoms with Crippen molar-refractivity contribution in [1.82, 2.24) is 4.90 Å². The van der Waals surface area contributed by atoms with Crippen molar-refractivity contribution in [2.45, 2.75) is 13.0 Å². The van der Waals surface area contributed by atoms with Gasteiger partial charge in [-0.2, -0.15) is 0 Å². The number of thiophene rings is 1. The van der Waals surface area contributed by atoms with E-state index in [9.17, 15) is 0 Å². The van der Waals surface area contributed by atoms with Gasteiger partial charge in [-0.15, -0.1) is 11.3 Å². The molecule has 1 atom stereocenters. The Morgan fingerprint density at radius 2 is 2.38 bits per heavy atom. The maximum absolute atomic E-state index is 5.74. The summed E-state index contributed by atoms with van der Waals surface area (Å²) in [4.78, 5) is 3.59. The lowest BCUT2D eigenvalue weighted by Crippen LogP contribution is -2.29. The van der Waals surface area contributed by atoms with E-state index in [4.69, 9.17) is 5.73 Å². The van der Waals surface area contributed by atoms with Crippen LogP contribution in [0.15, 0.2) is 15.9 Å². The highest BCUT2D eigenvalue weighted by atomic mass is 79.9. The van der Waals surface area contributed by atoms with Gasteiger partial charge in [0, 0.05) is 21.3 Å². The van der Waals surface area contributed by atoms with Gasteiger partial charge in [-0.1, -0.05) is 6.92 Å². The second kappa shape index (κ2) is 5.10. The molecule has 0 saturated carbocycles. The number of nitrogens with zero attached hydrogens (tertiary/aromatic N) is 1. The molecule has 1 rings (SSSR count). The standard InChI is InChI=1S/C9H15BrN2S/c1-3-12(2)8(5-11)9-4-7(10)6-13-9/h4,6,8H,3,5,11H2,1-2H3. The van der Waals surface area contributed by atoms with Gasteiger partial charge >= 0.3 is 0 Å². The zero-order valence-electron chi connectivity index (χ0n) is 7.96. The number of hydrogen-bond acceptors (Lipinski definition) is 3. The van der Waals surface area contributed by atoms with E-state index in [1.54, 1.807) is 11.3 Å². The molecule has 74 valence electrons. The van der Waals surface area contributed by atoms with Crippen molar-refractivity contribution >= 4 is 27.3 Å². The molecule has 0 fully saturated rings. The summed E-state index contributed by atoms with van der Waals surface area (Å²) in [5.74, 6) is 0. The number of rotatable bonds is 4. The fraction of sp³-hybridized carbons (Fsp3) is 0.556. The van der Waals surface area contributed by atoms with Crippen LogP contribution in [0.1, 0.15) is 17.8 Å². The minimum absolute atomic E-state index is 0.362. The summed E-state index contributed by atoms with van der Waals surface area (Å²) >= 11 is 5.21. The van der Waals surface area contributed by atoms with Crippen molar-refractivity contribution in [2.24, 2.45) is 5.73 Å². The molecule has 0 amide bonds. The first kappa shape index (κ1) is 11.2. The fourth-order valence-electron chi connectivity index (χ4n) is 1.24. The Labute approximate surface area is 91.9 Å². The predicted molar refractivity (Wildman–Crippen MR) is 62.1 cm³/mol. The topological polar surface area (TPSA) is 29.3 Å². The fourth-order valence-corrected chi connectivity index (χ4v) is 2.86. The van der Waals surface area contributed by atoms with Gasteiger partial charge in [-0.25, -0.2) is 0 Å². The average molecular weight is 263 g/mol. The lowest BCUT2D eigenvalue weighted by molar-refractivity contribution is 0.267. The minimum atomic E-state index is 0.362. The van der Waals surface area contributed by atoms with Crippen LogP contribution in [0.4, 0.5) is 0 Å². The van der Waals surface area contributed by atoms with Crippen LogP contribution in [-0.2, 0) is 0 Å². The van der Waals surface area contributed by atoms with Crippen LogP contribution >= 0.6 is 27.3 Å². The number of likely N-dealkylation sites (N-methyl/N-ethyl adjacent to an activating group) is 1. The van der Waals surface area contributed by atoms with Crippen LogP contribution in [-0.4, -0.2) is 25.0 Å². The molecule has 4 heteroatoms. The zero-order valence-corrected chi connectivity index (χ0v) is 10.4. The van der Waals surface area contributed by atoms with Crippen LogP contribution < -0.4 is 5.73 Å². The van der Waals surface area contributed by atoms with E-state index in [1.807, 2.05) is 0 Å². The van der Waals surface area contributed by atoms with Gasteiger partial charge in [0.15, 0.2) is 0 Å². The lowest BCUT2D eigenvalue weighted by Gasteiger charge is -2.24. The highest BCUT2D eigenvalue weighted by Crippen LogP contribution is 2.27. The lowest BCUT2D eigenvalue weighted by atomic mass is 10.2. The summed E-state index contributed by atoms with van der Waals surface area (Å²) in [6, 6.07) is 2.51. The van der Waals surface area contributed by atoms with Gasteiger partial charge in [0.05, 0.1) is 6.04 Å². The molecule has 0 bridgehead atoms. The second-order valence-corrected chi connectivity index (χ2v) is 4.85. The van der Waals surface area contributed by atoms with Crippen molar-refractivity contribution in [2.75, 3.05) is 20.1 Å². The smallest absolute Gasteiger partial charge is 0.0562 e. The van der Waals surface area contributed by atoms with Crippen LogP contribution in [0.25, 0.3) is 0 Å². The molecule has 0 aromatic carbocycles. The largest absolute Gasteiger partial charge is 0.329 e. The van der Waals surface area contributed by atoms with Crippen LogP contribution in [0.2, 0.25) is 0 Å². The van der Waals surface area contributed by atoms with E-state index in [2.05, 4.69) is 46.2 Å². The first-order valence-corrected chi connectivity index (χ1v) is 6.00. The van der Waals surface area contributed by atoms with Gasteiger partial charge in [0.2, 0.25) is 0 Å². The molecule has 13 heavy (non-hydrogen) atoms. The Morgan fingerprint density at radius 3 is 2.77 bits per heavy atom. The predicted octanol–water partition coefficient (Wildman–Crippen LogP) is 2.46. The van der Waals surface area contributed by atoms with Crippen molar-refractivity contribution in [3.63, 3.8) is 0 Å². The van der Waals surface area contributed by atoms with Crippen molar-refractivity contribution in [1.29, 1.82) is 0 Å². The Kier molecular flexibility index (Phi) is 4.38. The second-order valence-electron chi connectivity index (χ2n) is 2.99. The molecule has 0 spiro atoms. The van der Waals surface area contributed by atoms with Gasteiger partial charge in [0.1, 0.15) is 0 Å². The molecule has 1 heterocycles. The molecule has 2 N–H and O–H groups in total. The minimum Gasteiger partial charge on any atom is -0.329 e. The third-order valence-corrected chi connectivity index (χ3v) is 3.97. The van der Waals surface area contributed by atoms with Gasteiger partial charge < -0.3 is 5.73 Å². The van der Waals surface area contributed by atoms with E-state index in [-0.39, 0.29) is 0 Å². The quantitative estimate of drug-likeness (QED) is 0.904. The Morgan fingerprint density at radius 1 is 1.69 bits per heavy atom. The molecule has 0 aliphatic carbocycles. The summed E-state index contributed by atoms with van der Waals surface area (Å²) in [5, 5.41) is 2.10. The summed E-state index contributed by atoms with van der Waals surface area (Å²) in [6.07, 6.45) is 0. The normalized spacial score (nSPS) is 13.6. The third kappa shape index (κ3) is 2.77. The molecule has 0 aliphatic heterocycles. The molecule has 0 saturated heterocycles. The molecular weight excluding hydrogens is 248 g/mol. The SMILES string of the molecule is CCN(C)C(CN)c1cc(Br)cs1. The van der Waals surface area contributed by atoms with Gasteiger partial charge in [-0.3, -0.25) is 4.90 Å². The molecule has 1 aromatic rings.